The topological polar surface area (TPSA) is 90.1 Å². The lowest BCUT2D eigenvalue weighted by molar-refractivity contribution is 0.112. The molecule has 2 rings (SSSR count). The van der Waals surface area contributed by atoms with Crippen LogP contribution in [0.25, 0.3) is 0 Å². The lowest BCUT2D eigenvalue weighted by Gasteiger charge is -2.13. The first-order valence-electron chi connectivity index (χ1n) is 5.55. The number of nitrogens with zero attached hydrogens (tertiary/aromatic N) is 2. The highest BCUT2D eigenvalue weighted by Crippen LogP contribution is 2.27. The minimum atomic E-state index is 0.260. The molecule has 0 radical (unpaired) electrons. The summed E-state index contributed by atoms with van der Waals surface area (Å²) in [5, 5.41) is 8.43. The lowest BCUT2D eigenvalue weighted by Crippen LogP contribution is -2.17. The Kier molecular flexibility index (Phi) is 4.54. The zero-order valence-electron chi connectivity index (χ0n) is 9.70. The largest absolute Gasteiger partial charge is 0.418 e. The number of carbonyl (C=O) groups excluding carboxylic acids is 1. The van der Waals surface area contributed by atoms with Crippen LogP contribution in [0.4, 0.5) is 5.82 Å². The van der Waals surface area contributed by atoms with E-state index in [4.69, 9.17) is 9.32 Å². The van der Waals surface area contributed by atoms with Gasteiger partial charge in [-0.05, 0) is 24.8 Å². The van der Waals surface area contributed by atoms with E-state index in [1.54, 1.807) is 6.26 Å². The van der Waals surface area contributed by atoms with Crippen molar-refractivity contribution in [3.63, 3.8) is 0 Å². The Balaban J connectivity index is 1.97. The fraction of sp³-hybridized carbons (Fsp3) is 0.364. The van der Waals surface area contributed by atoms with Gasteiger partial charge in [0.15, 0.2) is 6.29 Å². The van der Waals surface area contributed by atoms with E-state index < -0.39 is 0 Å². The zero-order chi connectivity index (χ0) is 12.8. The number of hydrogen-bond acceptors (Lipinski definition) is 7. The van der Waals surface area contributed by atoms with Gasteiger partial charge in [0.1, 0.15) is 30.6 Å². The molecule has 1 unspecified atom stereocenters. The molecule has 6 nitrogen and oxygen atoms in total. The number of carbonyl (C=O) groups is 1. The molecule has 0 bridgehead atoms. The predicted octanol–water partition coefficient (Wildman–Crippen LogP) is 1.68. The number of rotatable bonds is 5. The average molecular weight is 266 g/mol. The molecule has 1 saturated carbocycles. The maximum Gasteiger partial charge on any atom is 0.155 e. The van der Waals surface area contributed by atoms with Crippen molar-refractivity contribution in [2.24, 2.45) is 5.14 Å². The van der Waals surface area contributed by atoms with Crippen molar-refractivity contribution in [2.45, 2.75) is 25.3 Å². The van der Waals surface area contributed by atoms with Gasteiger partial charge in [-0.3, -0.25) is 4.79 Å². The van der Waals surface area contributed by atoms with Crippen LogP contribution in [0.3, 0.4) is 0 Å². The molecule has 0 aromatic carbocycles. The van der Waals surface area contributed by atoms with Crippen molar-refractivity contribution in [3.8, 4) is 0 Å². The van der Waals surface area contributed by atoms with Gasteiger partial charge in [0.25, 0.3) is 0 Å². The second-order valence-electron chi connectivity index (χ2n) is 4.00. The number of hydrogen-bond donors (Lipinski definition) is 2. The number of nitrogens with one attached hydrogen (secondary N) is 1. The van der Waals surface area contributed by atoms with Gasteiger partial charge in [0.2, 0.25) is 0 Å². The molecule has 1 atom stereocenters. The van der Waals surface area contributed by atoms with E-state index in [0.29, 0.717) is 11.4 Å². The molecule has 7 heteroatoms. The average Bonchev–Trinajstić information content (AvgIpc) is 2.84. The number of aromatic nitrogens is 2. The van der Waals surface area contributed by atoms with E-state index in [9.17, 15) is 4.79 Å². The molecule has 3 N–H and O–H groups in total. The molecule has 0 spiro atoms. The zero-order valence-corrected chi connectivity index (χ0v) is 10.5. The highest BCUT2D eigenvalue weighted by Gasteiger charge is 2.20. The van der Waals surface area contributed by atoms with Gasteiger partial charge in [-0.25, -0.2) is 15.1 Å². The summed E-state index contributed by atoms with van der Waals surface area (Å²) in [7, 11) is 0. The molecule has 1 fully saturated rings. The summed E-state index contributed by atoms with van der Waals surface area (Å²) in [5.41, 5.74) is 1.68. The summed E-state index contributed by atoms with van der Waals surface area (Å²) in [6, 6.07) is 0.260. The first-order chi connectivity index (χ1) is 8.83. The maximum absolute atomic E-state index is 10.8. The molecule has 0 amide bonds. The van der Waals surface area contributed by atoms with Gasteiger partial charge >= 0.3 is 0 Å². The minimum Gasteiger partial charge on any atom is -0.418 e. The summed E-state index contributed by atoms with van der Waals surface area (Å²) in [5.74, 6) is 0.584. The van der Waals surface area contributed by atoms with Gasteiger partial charge < -0.3 is 9.50 Å². The van der Waals surface area contributed by atoms with Crippen LogP contribution in [-0.2, 0) is 4.18 Å². The van der Waals surface area contributed by atoms with Gasteiger partial charge in [0, 0.05) is 12.2 Å². The molecule has 1 aliphatic rings. The van der Waals surface area contributed by atoms with Gasteiger partial charge in [-0.2, -0.15) is 0 Å². The van der Waals surface area contributed by atoms with E-state index in [-0.39, 0.29) is 6.04 Å². The van der Waals surface area contributed by atoms with Crippen molar-refractivity contribution in [2.75, 3.05) is 5.32 Å². The molecule has 1 aromatic rings. The summed E-state index contributed by atoms with van der Waals surface area (Å²) in [6.45, 7) is 0. The van der Waals surface area contributed by atoms with Gasteiger partial charge in [0.05, 0.1) is 5.56 Å². The van der Waals surface area contributed by atoms with Crippen LogP contribution in [-0.4, -0.2) is 22.3 Å². The fourth-order valence-corrected chi connectivity index (χ4v) is 2.14. The second-order valence-corrected chi connectivity index (χ2v) is 4.38. The molecule has 0 aliphatic heterocycles. The third-order valence-corrected chi connectivity index (χ3v) is 3.01. The summed E-state index contributed by atoms with van der Waals surface area (Å²) in [4.78, 5) is 18.7. The highest BCUT2D eigenvalue weighted by molar-refractivity contribution is 7.92. The van der Waals surface area contributed by atoms with Crippen molar-refractivity contribution >= 4 is 24.3 Å². The Hall–Kier alpha value is -1.60. The molecular formula is C11H14N4O2S. The first-order valence-corrected chi connectivity index (χ1v) is 6.36. The van der Waals surface area contributed by atoms with Crippen LogP contribution in [0.1, 0.15) is 29.6 Å². The van der Waals surface area contributed by atoms with E-state index >= 15 is 0 Å². The van der Waals surface area contributed by atoms with Crippen LogP contribution in [0.2, 0.25) is 0 Å². The van der Waals surface area contributed by atoms with Gasteiger partial charge in [-0.1, -0.05) is 0 Å². The van der Waals surface area contributed by atoms with Crippen LogP contribution >= 0.6 is 12.2 Å². The Morgan fingerprint density at radius 1 is 1.61 bits per heavy atom. The quantitative estimate of drug-likeness (QED) is 0.362. The van der Waals surface area contributed by atoms with E-state index in [1.165, 1.54) is 18.1 Å². The highest BCUT2D eigenvalue weighted by atomic mass is 32.2. The lowest BCUT2D eigenvalue weighted by atomic mass is 10.2. The molecule has 1 aliphatic carbocycles. The molecule has 1 aromatic heterocycles. The summed E-state index contributed by atoms with van der Waals surface area (Å²) < 4.78 is 4.98. The molecule has 1 heterocycles. The Morgan fingerprint density at radius 3 is 3.28 bits per heavy atom. The van der Waals surface area contributed by atoms with E-state index in [2.05, 4.69) is 15.3 Å². The number of nitrogens with two attached hydrogens (primary N) is 1. The van der Waals surface area contributed by atoms with Crippen molar-refractivity contribution in [3.05, 3.63) is 29.9 Å². The number of anilines is 1. The normalized spacial score (nSPS) is 20.9. The molecule has 0 saturated heterocycles. The standard InChI is InChI=1S/C11H14N4O2S/c12-18-17-6-8-1-2-10(3-8)15-11-9(5-16)4-13-7-14-11/h4-7,10H,1-3,12H2,(H,13,14,15)/b8-6+. The van der Waals surface area contributed by atoms with E-state index in [0.717, 1.165) is 37.8 Å². The molecule has 18 heavy (non-hydrogen) atoms. The van der Waals surface area contributed by atoms with Crippen LogP contribution in [0, 0.1) is 0 Å². The predicted molar refractivity (Wildman–Crippen MR) is 69.6 cm³/mol. The van der Waals surface area contributed by atoms with Crippen LogP contribution < -0.4 is 10.5 Å². The third-order valence-electron chi connectivity index (χ3n) is 2.80. The van der Waals surface area contributed by atoms with Gasteiger partial charge in [-0.15, -0.1) is 0 Å². The van der Waals surface area contributed by atoms with Crippen molar-refractivity contribution in [1.82, 2.24) is 9.97 Å². The van der Waals surface area contributed by atoms with Crippen LogP contribution in [0.15, 0.2) is 24.4 Å². The monoisotopic (exact) mass is 266 g/mol. The SMILES string of the molecule is NSO/C=C1\CCC(Nc2ncncc2C=O)C1. The fourth-order valence-electron chi connectivity index (χ4n) is 1.95. The van der Waals surface area contributed by atoms with Crippen molar-refractivity contribution < 1.29 is 8.98 Å². The third kappa shape index (κ3) is 3.21. The van der Waals surface area contributed by atoms with Crippen LogP contribution in [0.5, 0.6) is 0 Å². The Labute approximate surface area is 109 Å². The maximum atomic E-state index is 10.8. The minimum absolute atomic E-state index is 0.260. The Bertz CT molecular complexity index is 452. The Morgan fingerprint density at radius 2 is 2.50 bits per heavy atom. The van der Waals surface area contributed by atoms with Crippen molar-refractivity contribution in [1.29, 1.82) is 0 Å². The first kappa shape index (κ1) is 12.8. The smallest absolute Gasteiger partial charge is 0.155 e. The van der Waals surface area contributed by atoms with E-state index in [1.807, 2.05) is 0 Å². The summed E-state index contributed by atoms with van der Waals surface area (Å²) >= 11 is 0.836. The summed E-state index contributed by atoms with van der Waals surface area (Å²) in [6.07, 6.45) is 8.17. The molecular weight excluding hydrogens is 252 g/mol. The number of aldehydes is 1. The molecule has 96 valence electrons. The second kappa shape index (κ2) is 6.36.